The van der Waals surface area contributed by atoms with Crippen molar-refractivity contribution in [2.24, 2.45) is 5.73 Å². The normalized spacial score (nSPS) is 13.1. The van der Waals surface area contributed by atoms with Gasteiger partial charge in [0.15, 0.2) is 11.5 Å². The van der Waals surface area contributed by atoms with Gasteiger partial charge in [0.25, 0.3) is 0 Å². The highest BCUT2D eigenvalue weighted by Gasteiger charge is 2.15. The number of hydrogen-bond donors (Lipinski definition) is 1. The molecule has 0 atom stereocenters. The Labute approximate surface area is 106 Å². The van der Waals surface area contributed by atoms with Crippen molar-refractivity contribution in [2.75, 3.05) is 26.9 Å². The maximum absolute atomic E-state index is 10.8. The van der Waals surface area contributed by atoms with Gasteiger partial charge in [0, 0.05) is 6.54 Å². The molecule has 1 aromatic carbocycles. The van der Waals surface area contributed by atoms with Crippen LogP contribution in [-0.2, 0) is 11.2 Å². The SMILES string of the molecule is Cc1cc2c(cc1CCN(C)CC(N)=O)OCO2. The van der Waals surface area contributed by atoms with Crippen LogP contribution < -0.4 is 15.2 Å². The molecule has 2 N–H and O–H groups in total. The first-order chi connectivity index (χ1) is 8.56. The fraction of sp³-hybridized carbons (Fsp3) is 0.462. The van der Waals surface area contributed by atoms with Crippen LogP contribution in [0, 0.1) is 6.92 Å². The number of rotatable bonds is 5. The fourth-order valence-electron chi connectivity index (χ4n) is 2.01. The van der Waals surface area contributed by atoms with Crippen LogP contribution in [0.2, 0.25) is 0 Å². The Morgan fingerprint density at radius 1 is 1.39 bits per heavy atom. The van der Waals surface area contributed by atoms with Crippen molar-refractivity contribution in [1.82, 2.24) is 4.90 Å². The average Bonchev–Trinajstić information content (AvgIpc) is 2.71. The predicted octanol–water partition coefficient (Wildman–Crippen LogP) is 0.683. The molecule has 1 amide bonds. The summed E-state index contributed by atoms with van der Waals surface area (Å²) in [4.78, 5) is 12.7. The number of benzene rings is 1. The van der Waals surface area contributed by atoms with Crippen LogP contribution in [0.4, 0.5) is 0 Å². The van der Waals surface area contributed by atoms with E-state index in [1.165, 1.54) is 11.1 Å². The third-order valence-corrected chi connectivity index (χ3v) is 3.02. The molecule has 0 bridgehead atoms. The zero-order valence-corrected chi connectivity index (χ0v) is 10.7. The number of ether oxygens (including phenoxy) is 2. The van der Waals surface area contributed by atoms with Crippen molar-refractivity contribution in [3.8, 4) is 11.5 Å². The summed E-state index contributed by atoms with van der Waals surface area (Å²) in [6, 6.07) is 4.00. The monoisotopic (exact) mass is 250 g/mol. The third kappa shape index (κ3) is 2.92. The average molecular weight is 250 g/mol. The molecule has 98 valence electrons. The summed E-state index contributed by atoms with van der Waals surface area (Å²) in [5.41, 5.74) is 7.53. The largest absolute Gasteiger partial charge is 0.454 e. The van der Waals surface area contributed by atoms with Gasteiger partial charge in [-0.2, -0.15) is 0 Å². The zero-order chi connectivity index (χ0) is 13.1. The summed E-state index contributed by atoms with van der Waals surface area (Å²) in [6.45, 7) is 3.40. The molecular weight excluding hydrogens is 232 g/mol. The number of carbonyl (C=O) groups excluding carboxylic acids is 1. The van der Waals surface area contributed by atoms with E-state index in [9.17, 15) is 4.79 Å². The molecule has 1 heterocycles. The van der Waals surface area contributed by atoms with E-state index in [2.05, 4.69) is 0 Å². The molecule has 1 aliphatic heterocycles. The first-order valence-corrected chi connectivity index (χ1v) is 5.92. The van der Waals surface area contributed by atoms with Crippen molar-refractivity contribution in [1.29, 1.82) is 0 Å². The molecule has 0 saturated heterocycles. The van der Waals surface area contributed by atoms with Gasteiger partial charge >= 0.3 is 0 Å². The van der Waals surface area contributed by atoms with Crippen LogP contribution in [-0.4, -0.2) is 37.7 Å². The fourth-order valence-corrected chi connectivity index (χ4v) is 2.01. The predicted molar refractivity (Wildman–Crippen MR) is 67.7 cm³/mol. The summed E-state index contributed by atoms with van der Waals surface area (Å²) in [7, 11) is 1.88. The quantitative estimate of drug-likeness (QED) is 0.834. The molecule has 0 aromatic heterocycles. The number of hydrogen-bond acceptors (Lipinski definition) is 4. The van der Waals surface area contributed by atoms with Gasteiger partial charge in [-0.25, -0.2) is 0 Å². The van der Waals surface area contributed by atoms with Crippen molar-refractivity contribution >= 4 is 5.91 Å². The van der Waals surface area contributed by atoms with Gasteiger partial charge in [-0.3, -0.25) is 9.69 Å². The van der Waals surface area contributed by atoms with Crippen LogP contribution in [0.1, 0.15) is 11.1 Å². The maximum Gasteiger partial charge on any atom is 0.231 e. The van der Waals surface area contributed by atoms with Crippen LogP contribution >= 0.6 is 0 Å². The van der Waals surface area contributed by atoms with Gasteiger partial charge in [0.1, 0.15) is 0 Å². The van der Waals surface area contributed by atoms with E-state index >= 15 is 0 Å². The number of carbonyl (C=O) groups is 1. The Bertz CT molecular complexity index is 460. The second-order valence-electron chi connectivity index (χ2n) is 4.59. The lowest BCUT2D eigenvalue weighted by Crippen LogP contribution is -2.32. The number of aryl methyl sites for hydroxylation is 1. The highest BCUT2D eigenvalue weighted by Crippen LogP contribution is 2.34. The standard InChI is InChI=1S/C13H18N2O3/c1-9-5-11-12(18-8-17-11)6-10(9)3-4-15(2)7-13(14)16/h5-6H,3-4,7-8H2,1-2H3,(H2,14,16). The van der Waals surface area contributed by atoms with E-state index < -0.39 is 0 Å². The summed E-state index contributed by atoms with van der Waals surface area (Å²) in [5.74, 6) is 1.30. The lowest BCUT2D eigenvalue weighted by Gasteiger charge is -2.15. The van der Waals surface area contributed by atoms with Crippen LogP contribution in [0.5, 0.6) is 11.5 Å². The minimum absolute atomic E-state index is 0.281. The molecule has 5 heteroatoms. The number of primary amides is 1. The van der Waals surface area contributed by atoms with Gasteiger partial charge in [-0.05, 0) is 43.7 Å². The summed E-state index contributed by atoms with van der Waals surface area (Å²) < 4.78 is 10.7. The lowest BCUT2D eigenvalue weighted by molar-refractivity contribution is -0.118. The van der Waals surface area contributed by atoms with Crippen LogP contribution in [0.15, 0.2) is 12.1 Å². The zero-order valence-electron chi connectivity index (χ0n) is 10.7. The number of nitrogens with two attached hydrogens (primary N) is 1. The number of fused-ring (bicyclic) bond motifs is 1. The summed E-state index contributed by atoms with van der Waals surface area (Å²) in [5, 5.41) is 0. The second kappa shape index (κ2) is 5.27. The highest BCUT2D eigenvalue weighted by atomic mass is 16.7. The minimum Gasteiger partial charge on any atom is -0.454 e. The van der Waals surface area contributed by atoms with E-state index in [1.807, 2.05) is 31.0 Å². The van der Waals surface area contributed by atoms with E-state index in [0.717, 1.165) is 24.5 Å². The summed E-state index contributed by atoms with van der Waals surface area (Å²) >= 11 is 0. The molecule has 5 nitrogen and oxygen atoms in total. The van der Waals surface area contributed by atoms with Gasteiger partial charge in [-0.15, -0.1) is 0 Å². The Hall–Kier alpha value is -1.75. The molecule has 1 aliphatic rings. The number of nitrogens with zero attached hydrogens (tertiary/aromatic N) is 1. The molecule has 0 aliphatic carbocycles. The van der Waals surface area contributed by atoms with Crippen LogP contribution in [0.3, 0.4) is 0 Å². The molecule has 0 fully saturated rings. The third-order valence-electron chi connectivity index (χ3n) is 3.02. The van der Waals surface area contributed by atoms with E-state index in [4.69, 9.17) is 15.2 Å². The first kappa shape index (κ1) is 12.7. The molecular formula is C13H18N2O3. The van der Waals surface area contributed by atoms with E-state index in [1.54, 1.807) is 0 Å². The summed E-state index contributed by atoms with van der Waals surface area (Å²) in [6.07, 6.45) is 0.853. The molecule has 18 heavy (non-hydrogen) atoms. The van der Waals surface area contributed by atoms with Crippen molar-refractivity contribution in [3.63, 3.8) is 0 Å². The minimum atomic E-state index is -0.306. The molecule has 0 saturated carbocycles. The van der Waals surface area contributed by atoms with Crippen LogP contribution in [0.25, 0.3) is 0 Å². The Morgan fingerprint density at radius 3 is 2.72 bits per heavy atom. The van der Waals surface area contributed by atoms with Gasteiger partial charge < -0.3 is 15.2 Å². The molecule has 1 aromatic rings. The first-order valence-electron chi connectivity index (χ1n) is 5.92. The lowest BCUT2D eigenvalue weighted by atomic mass is 10.0. The number of likely N-dealkylation sites (N-methyl/N-ethyl adjacent to an activating group) is 1. The molecule has 0 spiro atoms. The number of amides is 1. The highest BCUT2D eigenvalue weighted by molar-refractivity contribution is 5.75. The smallest absolute Gasteiger partial charge is 0.231 e. The van der Waals surface area contributed by atoms with E-state index in [0.29, 0.717) is 6.79 Å². The molecule has 0 radical (unpaired) electrons. The second-order valence-corrected chi connectivity index (χ2v) is 4.59. The topological polar surface area (TPSA) is 64.8 Å². The Kier molecular flexibility index (Phi) is 3.72. The Balaban J connectivity index is 1.99. The van der Waals surface area contributed by atoms with Crippen molar-refractivity contribution < 1.29 is 14.3 Å². The van der Waals surface area contributed by atoms with Crippen molar-refractivity contribution in [2.45, 2.75) is 13.3 Å². The maximum atomic E-state index is 10.8. The van der Waals surface area contributed by atoms with E-state index in [-0.39, 0.29) is 12.5 Å². The Morgan fingerprint density at radius 2 is 2.06 bits per heavy atom. The molecule has 0 unspecified atom stereocenters. The van der Waals surface area contributed by atoms with Gasteiger partial charge in [0.05, 0.1) is 6.54 Å². The van der Waals surface area contributed by atoms with Crippen molar-refractivity contribution in [3.05, 3.63) is 23.3 Å². The van der Waals surface area contributed by atoms with Gasteiger partial charge in [-0.1, -0.05) is 0 Å². The van der Waals surface area contributed by atoms with Gasteiger partial charge in [0.2, 0.25) is 12.7 Å². The molecule has 2 rings (SSSR count).